The van der Waals surface area contributed by atoms with Crippen molar-refractivity contribution in [3.05, 3.63) is 16.8 Å². The van der Waals surface area contributed by atoms with Crippen molar-refractivity contribution in [3.63, 3.8) is 0 Å². The molecule has 1 aromatic rings. The van der Waals surface area contributed by atoms with Crippen molar-refractivity contribution in [2.75, 3.05) is 11.9 Å². The second kappa shape index (κ2) is 4.14. The van der Waals surface area contributed by atoms with Crippen LogP contribution in [0.15, 0.2) is 16.8 Å². The number of anilines is 1. The molecule has 0 aliphatic heterocycles. The van der Waals surface area contributed by atoms with Crippen LogP contribution in [0.5, 0.6) is 0 Å². The smallest absolute Gasteiger partial charge is 0.0448 e. The lowest BCUT2D eigenvalue weighted by Gasteiger charge is -2.31. The lowest BCUT2D eigenvalue weighted by molar-refractivity contribution is 0.229. The third-order valence-electron chi connectivity index (χ3n) is 3.10. The van der Waals surface area contributed by atoms with Crippen molar-refractivity contribution in [2.24, 2.45) is 11.8 Å². The Bertz CT molecular complexity index is 239. The van der Waals surface area contributed by atoms with Crippen LogP contribution >= 0.6 is 11.3 Å². The fourth-order valence-corrected chi connectivity index (χ4v) is 2.43. The van der Waals surface area contributed by atoms with E-state index < -0.39 is 0 Å². The Morgan fingerprint density at radius 3 is 3.00 bits per heavy atom. The van der Waals surface area contributed by atoms with Gasteiger partial charge >= 0.3 is 0 Å². The molecule has 1 atom stereocenters. The Morgan fingerprint density at radius 1 is 1.62 bits per heavy atom. The first-order valence-corrected chi connectivity index (χ1v) is 6.06. The second-order valence-electron chi connectivity index (χ2n) is 4.06. The maximum absolute atomic E-state index is 3.48. The van der Waals surface area contributed by atoms with Crippen molar-refractivity contribution in [3.8, 4) is 0 Å². The first-order chi connectivity index (χ1) is 6.36. The number of hydrogen-bond acceptors (Lipinski definition) is 2. The molecule has 0 saturated heterocycles. The molecule has 1 unspecified atom stereocenters. The van der Waals surface area contributed by atoms with E-state index >= 15 is 0 Å². The Labute approximate surface area is 84.2 Å². The maximum Gasteiger partial charge on any atom is 0.0448 e. The van der Waals surface area contributed by atoms with E-state index in [0.717, 1.165) is 18.4 Å². The van der Waals surface area contributed by atoms with Crippen molar-refractivity contribution in [1.29, 1.82) is 0 Å². The van der Waals surface area contributed by atoms with Crippen molar-refractivity contribution < 1.29 is 0 Å². The molecule has 1 aliphatic rings. The van der Waals surface area contributed by atoms with Gasteiger partial charge in [0.2, 0.25) is 0 Å². The Hall–Kier alpha value is -0.500. The standard InChI is InChI=1S/C11H17NS/c1-9(10-3-2-4-10)7-12-11-5-6-13-8-11/h5-6,8-10,12H,2-4,7H2,1H3. The third-order valence-corrected chi connectivity index (χ3v) is 3.79. The largest absolute Gasteiger partial charge is 0.384 e. The van der Waals surface area contributed by atoms with Gasteiger partial charge in [-0.3, -0.25) is 0 Å². The molecule has 0 aromatic carbocycles. The minimum Gasteiger partial charge on any atom is -0.384 e. The molecule has 72 valence electrons. The predicted octanol–water partition coefficient (Wildman–Crippen LogP) is 3.60. The summed E-state index contributed by atoms with van der Waals surface area (Å²) in [7, 11) is 0. The number of thiophene rings is 1. The number of rotatable bonds is 4. The van der Waals surface area contributed by atoms with E-state index in [1.807, 2.05) is 0 Å². The molecule has 1 N–H and O–H groups in total. The molecule has 0 bridgehead atoms. The molecule has 0 amide bonds. The lowest BCUT2D eigenvalue weighted by Crippen LogP contribution is -2.25. The fraction of sp³-hybridized carbons (Fsp3) is 0.636. The van der Waals surface area contributed by atoms with Crippen LogP contribution in [0.3, 0.4) is 0 Å². The summed E-state index contributed by atoms with van der Waals surface area (Å²) in [6, 6.07) is 2.15. The first-order valence-electron chi connectivity index (χ1n) is 5.12. The van der Waals surface area contributed by atoms with Crippen LogP contribution in [-0.2, 0) is 0 Å². The maximum atomic E-state index is 3.48. The quantitative estimate of drug-likeness (QED) is 0.774. The second-order valence-corrected chi connectivity index (χ2v) is 4.84. The molecule has 1 heterocycles. The monoisotopic (exact) mass is 195 g/mol. The molecule has 1 saturated carbocycles. The van der Waals surface area contributed by atoms with Crippen LogP contribution in [0, 0.1) is 11.8 Å². The fourth-order valence-electron chi connectivity index (χ4n) is 1.82. The summed E-state index contributed by atoms with van der Waals surface area (Å²) in [5.41, 5.74) is 1.29. The Kier molecular flexibility index (Phi) is 2.89. The first kappa shape index (κ1) is 9.07. The molecule has 1 fully saturated rings. The van der Waals surface area contributed by atoms with Gasteiger partial charge < -0.3 is 5.32 Å². The summed E-state index contributed by atoms with van der Waals surface area (Å²) in [5, 5.41) is 7.78. The van der Waals surface area contributed by atoms with E-state index in [1.54, 1.807) is 11.3 Å². The van der Waals surface area contributed by atoms with E-state index in [1.165, 1.54) is 24.9 Å². The molecular formula is C11H17NS. The van der Waals surface area contributed by atoms with Gasteiger partial charge in [-0.25, -0.2) is 0 Å². The van der Waals surface area contributed by atoms with Gasteiger partial charge in [-0.2, -0.15) is 11.3 Å². The van der Waals surface area contributed by atoms with Gasteiger partial charge in [0.25, 0.3) is 0 Å². The summed E-state index contributed by atoms with van der Waals surface area (Å²) in [4.78, 5) is 0. The highest BCUT2D eigenvalue weighted by Crippen LogP contribution is 2.33. The summed E-state index contributed by atoms with van der Waals surface area (Å²) in [6.45, 7) is 3.50. The highest BCUT2D eigenvalue weighted by molar-refractivity contribution is 7.08. The van der Waals surface area contributed by atoms with Crippen molar-refractivity contribution in [1.82, 2.24) is 0 Å². The van der Waals surface area contributed by atoms with Crippen LogP contribution in [0.1, 0.15) is 26.2 Å². The molecule has 2 rings (SSSR count). The molecule has 2 heteroatoms. The summed E-state index contributed by atoms with van der Waals surface area (Å²) in [5.74, 6) is 1.83. The van der Waals surface area contributed by atoms with Gasteiger partial charge in [-0.1, -0.05) is 26.2 Å². The van der Waals surface area contributed by atoms with Gasteiger partial charge in [-0.05, 0) is 23.3 Å². The van der Waals surface area contributed by atoms with Gasteiger partial charge in [0, 0.05) is 17.6 Å². The van der Waals surface area contributed by atoms with Crippen LogP contribution in [0.25, 0.3) is 0 Å². The van der Waals surface area contributed by atoms with E-state index in [4.69, 9.17) is 0 Å². The number of nitrogens with one attached hydrogen (secondary N) is 1. The number of hydrogen-bond donors (Lipinski definition) is 1. The zero-order valence-corrected chi connectivity index (χ0v) is 8.94. The molecule has 1 aromatic heterocycles. The van der Waals surface area contributed by atoms with Crippen LogP contribution in [0.4, 0.5) is 5.69 Å². The SMILES string of the molecule is CC(CNc1ccsc1)C1CCC1. The molecule has 1 aliphatic carbocycles. The predicted molar refractivity (Wildman–Crippen MR) is 59.3 cm³/mol. The van der Waals surface area contributed by atoms with Crippen LogP contribution in [-0.4, -0.2) is 6.54 Å². The van der Waals surface area contributed by atoms with Crippen LogP contribution < -0.4 is 5.32 Å². The lowest BCUT2D eigenvalue weighted by atomic mass is 9.77. The minimum atomic E-state index is 0.841. The van der Waals surface area contributed by atoms with Gasteiger partial charge in [0.1, 0.15) is 0 Å². The Morgan fingerprint density at radius 2 is 2.46 bits per heavy atom. The summed E-state index contributed by atoms with van der Waals surface area (Å²) >= 11 is 1.76. The minimum absolute atomic E-state index is 0.841. The zero-order valence-electron chi connectivity index (χ0n) is 8.12. The molecule has 0 spiro atoms. The van der Waals surface area contributed by atoms with E-state index in [0.29, 0.717) is 0 Å². The molecule has 13 heavy (non-hydrogen) atoms. The van der Waals surface area contributed by atoms with E-state index in [-0.39, 0.29) is 0 Å². The van der Waals surface area contributed by atoms with E-state index in [9.17, 15) is 0 Å². The average Bonchev–Trinajstić information content (AvgIpc) is 2.49. The normalized spacial score (nSPS) is 19.5. The highest BCUT2D eigenvalue weighted by Gasteiger charge is 2.23. The summed E-state index contributed by atoms with van der Waals surface area (Å²) in [6.07, 6.45) is 4.35. The summed E-state index contributed by atoms with van der Waals surface area (Å²) < 4.78 is 0. The molecule has 0 radical (unpaired) electrons. The topological polar surface area (TPSA) is 12.0 Å². The highest BCUT2D eigenvalue weighted by atomic mass is 32.1. The zero-order chi connectivity index (χ0) is 9.10. The average molecular weight is 195 g/mol. The van der Waals surface area contributed by atoms with Crippen LogP contribution in [0.2, 0.25) is 0 Å². The molecule has 1 nitrogen and oxygen atoms in total. The van der Waals surface area contributed by atoms with Crippen molar-refractivity contribution in [2.45, 2.75) is 26.2 Å². The third kappa shape index (κ3) is 2.25. The molecular weight excluding hydrogens is 178 g/mol. The van der Waals surface area contributed by atoms with E-state index in [2.05, 4.69) is 29.1 Å². The van der Waals surface area contributed by atoms with Gasteiger partial charge in [0.15, 0.2) is 0 Å². The van der Waals surface area contributed by atoms with Crippen molar-refractivity contribution >= 4 is 17.0 Å². The Balaban J connectivity index is 1.72. The van der Waals surface area contributed by atoms with Gasteiger partial charge in [0.05, 0.1) is 0 Å². The van der Waals surface area contributed by atoms with Gasteiger partial charge in [-0.15, -0.1) is 0 Å².